The molecular formula is C18H24N4O4. The zero-order valence-electron chi connectivity index (χ0n) is 15.2. The largest absolute Gasteiger partial charge is 0.493 e. The second-order valence-corrected chi connectivity index (χ2v) is 6.41. The van der Waals surface area contributed by atoms with Gasteiger partial charge in [-0.3, -0.25) is 19.7 Å². The van der Waals surface area contributed by atoms with Gasteiger partial charge in [0.25, 0.3) is 0 Å². The van der Waals surface area contributed by atoms with Crippen molar-refractivity contribution in [1.82, 2.24) is 20.0 Å². The summed E-state index contributed by atoms with van der Waals surface area (Å²) in [6.45, 7) is 2.66. The van der Waals surface area contributed by atoms with E-state index in [0.29, 0.717) is 24.6 Å². The van der Waals surface area contributed by atoms with Crippen LogP contribution in [0.5, 0.6) is 11.5 Å². The average molecular weight is 360 g/mol. The Balaban J connectivity index is 1.80. The molecule has 1 aromatic heterocycles. The van der Waals surface area contributed by atoms with Crippen LogP contribution in [0, 0.1) is 0 Å². The Hall–Kier alpha value is -2.58. The molecule has 0 bridgehead atoms. The Labute approximate surface area is 152 Å². The van der Waals surface area contributed by atoms with E-state index in [-0.39, 0.29) is 0 Å². The normalized spacial score (nSPS) is 18.7. The van der Waals surface area contributed by atoms with E-state index in [9.17, 15) is 9.90 Å². The van der Waals surface area contributed by atoms with Crippen molar-refractivity contribution in [3.63, 3.8) is 0 Å². The van der Waals surface area contributed by atoms with Gasteiger partial charge in [-0.15, -0.1) is 0 Å². The lowest BCUT2D eigenvalue weighted by atomic mass is 10.1. The number of nitrogens with one attached hydrogen (secondary N) is 1. The number of methoxy groups -OCH3 is 2. The van der Waals surface area contributed by atoms with Crippen LogP contribution in [0.1, 0.15) is 5.56 Å². The molecule has 1 saturated heterocycles. The highest BCUT2D eigenvalue weighted by atomic mass is 16.5. The third-order valence-corrected chi connectivity index (χ3v) is 4.80. The van der Waals surface area contributed by atoms with E-state index < -0.39 is 12.0 Å². The lowest BCUT2D eigenvalue weighted by Gasteiger charge is -2.37. The molecule has 1 atom stereocenters. The van der Waals surface area contributed by atoms with Gasteiger partial charge in [0.05, 0.1) is 26.1 Å². The molecule has 0 amide bonds. The number of piperazine rings is 1. The molecule has 2 aromatic rings. The Bertz CT molecular complexity index is 776. The number of ether oxygens (including phenoxy) is 2. The number of benzene rings is 1. The third-order valence-electron chi connectivity index (χ3n) is 4.80. The molecule has 0 aliphatic carbocycles. The summed E-state index contributed by atoms with van der Waals surface area (Å²) in [5.74, 6) is 0.529. The standard InChI is InChI=1S/C18H24N4O4/c1-21-6-7-22(11-14(21)18(23)24)10-13-9-19-20-17(13)12-4-5-15(25-2)16(8-12)26-3/h4-5,8-9,14H,6-7,10-11H2,1-3H3,(H,19,20)(H,23,24)/t14-/m0/s1. The molecule has 1 fully saturated rings. The topological polar surface area (TPSA) is 90.9 Å². The maximum atomic E-state index is 11.4. The summed E-state index contributed by atoms with van der Waals surface area (Å²) < 4.78 is 10.7. The predicted octanol–water partition coefficient (Wildman–Crippen LogP) is 1.29. The van der Waals surface area contributed by atoms with Crippen molar-refractivity contribution < 1.29 is 19.4 Å². The van der Waals surface area contributed by atoms with Crippen LogP contribution in [0.3, 0.4) is 0 Å². The van der Waals surface area contributed by atoms with Crippen LogP contribution in [-0.2, 0) is 11.3 Å². The van der Waals surface area contributed by atoms with Crippen molar-refractivity contribution in [2.45, 2.75) is 12.6 Å². The van der Waals surface area contributed by atoms with Crippen molar-refractivity contribution in [2.75, 3.05) is 40.9 Å². The van der Waals surface area contributed by atoms with Gasteiger partial charge in [0.2, 0.25) is 0 Å². The van der Waals surface area contributed by atoms with Crippen molar-refractivity contribution in [2.24, 2.45) is 0 Å². The second kappa shape index (κ2) is 7.76. The van der Waals surface area contributed by atoms with Gasteiger partial charge in [-0.05, 0) is 25.2 Å². The SMILES string of the molecule is COc1ccc(-c2[nH]ncc2CN2CCN(C)[C@H](C(=O)O)C2)cc1OC. The molecule has 2 heterocycles. The summed E-state index contributed by atoms with van der Waals surface area (Å²) in [6, 6.07) is 5.22. The minimum absolute atomic E-state index is 0.486. The molecular weight excluding hydrogens is 336 g/mol. The van der Waals surface area contributed by atoms with Gasteiger partial charge in [-0.1, -0.05) is 0 Å². The number of aromatic amines is 1. The number of aromatic nitrogens is 2. The monoisotopic (exact) mass is 360 g/mol. The molecule has 0 unspecified atom stereocenters. The zero-order chi connectivity index (χ0) is 18.7. The fraction of sp³-hybridized carbons (Fsp3) is 0.444. The molecule has 0 saturated carbocycles. The van der Waals surface area contributed by atoms with E-state index in [2.05, 4.69) is 15.1 Å². The number of hydrogen-bond acceptors (Lipinski definition) is 6. The minimum Gasteiger partial charge on any atom is -0.493 e. The first-order chi connectivity index (χ1) is 12.5. The summed E-state index contributed by atoms with van der Waals surface area (Å²) in [4.78, 5) is 15.4. The van der Waals surface area contributed by atoms with Crippen LogP contribution in [0.2, 0.25) is 0 Å². The number of nitrogens with zero attached hydrogens (tertiary/aromatic N) is 3. The number of aliphatic carboxylic acids is 1. The summed E-state index contributed by atoms with van der Waals surface area (Å²) >= 11 is 0. The number of H-pyrrole nitrogens is 1. The molecule has 0 radical (unpaired) electrons. The number of carbonyl (C=O) groups is 1. The molecule has 2 N–H and O–H groups in total. The highest BCUT2D eigenvalue weighted by Crippen LogP contribution is 2.33. The quantitative estimate of drug-likeness (QED) is 0.802. The first kappa shape index (κ1) is 18.2. The lowest BCUT2D eigenvalue weighted by Crippen LogP contribution is -2.54. The maximum Gasteiger partial charge on any atom is 0.322 e. The Kier molecular flexibility index (Phi) is 5.43. The molecule has 8 heteroatoms. The highest BCUT2D eigenvalue weighted by Gasteiger charge is 2.30. The Morgan fingerprint density at radius 1 is 1.31 bits per heavy atom. The first-order valence-corrected chi connectivity index (χ1v) is 8.43. The molecule has 26 heavy (non-hydrogen) atoms. The fourth-order valence-electron chi connectivity index (χ4n) is 3.25. The van der Waals surface area contributed by atoms with Gasteiger partial charge in [-0.25, -0.2) is 0 Å². The summed E-state index contributed by atoms with van der Waals surface area (Å²) in [7, 11) is 5.06. The maximum absolute atomic E-state index is 11.4. The first-order valence-electron chi connectivity index (χ1n) is 8.43. The second-order valence-electron chi connectivity index (χ2n) is 6.41. The fourth-order valence-corrected chi connectivity index (χ4v) is 3.25. The summed E-state index contributed by atoms with van der Waals surface area (Å²) in [6.07, 6.45) is 1.79. The minimum atomic E-state index is -0.787. The summed E-state index contributed by atoms with van der Waals surface area (Å²) in [5, 5.41) is 16.6. The van der Waals surface area contributed by atoms with Gasteiger partial charge in [0, 0.05) is 37.3 Å². The highest BCUT2D eigenvalue weighted by molar-refractivity contribution is 5.74. The van der Waals surface area contributed by atoms with E-state index in [1.54, 1.807) is 20.4 Å². The summed E-state index contributed by atoms with van der Waals surface area (Å²) in [5.41, 5.74) is 2.86. The van der Waals surface area contributed by atoms with E-state index in [4.69, 9.17) is 9.47 Å². The third kappa shape index (κ3) is 3.66. The molecule has 8 nitrogen and oxygen atoms in total. The predicted molar refractivity (Wildman–Crippen MR) is 96.5 cm³/mol. The Morgan fingerprint density at radius 3 is 2.77 bits per heavy atom. The number of hydrogen-bond donors (Lipinski definition) is 2. The van der Waals surface area contributed by atoms with Crippen LogP contribution in [0.25, 0.3) is 11.3 Å². The number of carboxylic acid groups (broad SMARTS) is 1. The van der Waals surface area contributed by atoms with Crippen LogP contribution in [-0.4, -0.2) is 78.0 Å². The Morgan fingerprint density at radius 2 is 2.08 bits per heavy atom. The number of rotatable bonds is 6. The van der Waals surface area contributed by atoms with Crippen molar-refractivity contribution in [3.8, 4) is 22.8 Å². The van der Waals surface area contributed by atoms with Crippen molar-refractivity contribution >= 4 is 5.97 Å². The van der Waals surface area contributed by atoms with Gasteiger partial charge < -0.3 is 14.6 Å². The molecule has 1 aliphatic heterocycles. The van der Waals surface area contributed by atoms with E-state index >= 15 is 0 Å². The van der Waals surface area contributed by atoms with Crippen molar-refractivity contribution in [3.05, 3.63) is 30.0 Å². The van der Waals surface area contributed by atoms with Crippen LogP contribution >= 0.6 is 0 Å². The smallest absolute Gasteiger partial charge is 0.322 e. The molecule has 3 rings (SSSR count). The van der Waals surface area contributed by atoms with Gasteiger partial charge in [0.15, 0.2) is 11.5 Å². The molecule has 0 spiro atoms. The number of likely N-dealkylation sites (N-methyl/N-ethyl adjacent to an activating group) is 1. The number of carboxylic acids is 1. The van der Waals surface area contributed by atoms with E-state index in [1.165, 1.54) is 0 Å². The van der Waals surface area contributed by atoms with Crippen LogP contribution < -0.4 is 9.47 Å². The van der Waals surface area contributed by atoms with Crippen LogP contribution in [0.15, 0.2) is 24.4 Å². The van der Waals surface area contributed by atoms with Gasteiger partial charge in [-0.2, -0.15) is 5.10 Å². The molecule has 1 aromatic carbocycles. The van der Waals surface area contributed by atoms with Gasteiger partial charge >= 0.3 is 5.97 Å². The van der Waals surface area contributed by atoms with Crippen LogP contribution in [0.4, 0.5) is 0 Å². The molecule has 140 valence electrons. The average Bonchev–Trinajstić information content (AvgIpc) is 3.10. The van der Waals surface area contributed by atoms with Crippen molar-refractivity contribution in [1.29, 1.82) is 0 Å². The van der Waals surface area contributed by atoms with E-state index in [1.807, 2.05) is 30.1 Å². The zero-order valence-corrected chi connectivity index (χ0v) is 15.2. The van der Waals surface area contributed by atoms with Gasteiger partial charge in [0.1, 0.15) is 6.04 Å². The lowest BCUT2D eigenvalue weighted by molar-refractivity contribution is -0.145. The molecule has 1 aliphatic rings. The van der Waals surface area contributed by atoms with E-state index in [0.717, 1.165) is 29.9 Å².